The average molecular weight is 338 g/mol. The lowest BCUT2D eigenvalue weighted by molar-refractivity contribution is 0.0702. The van der Waals surface area contributed by atoms with Crippen LogP contribution in [0.15, 0.2) is 18.3 Å². The van der Waals surface area contributed by atoms with Gasteiger partial charge in [-0.15, -0.1) is 22.7 Å². The minimum absolute atomic E-state index is 0.0157. The van der Waals surface area contributed by atoms with Crippen molar-refractivity contribution in [3.63, 3.8) is 0 Å². The summed E-state index contributed by atoms with van der Waals surface area (Å²) < 4.78 is 5.55. The highest BCUT2D eigenvalue weighted by molar-refractivity contribution is 7.14. The molecule has 2 aromatic rings. The molecule has 3 rings (SSSR count). The number of carboxylic acids is 1. The molecule has 8 heteroatoms. The smallest absolute Gasteiger partial charge is 0.345 e. The number of amides is 1. The zero-order chi connectivity index (χ0) is 15.5. The molecule has 0 saturated carbocycles. The molecule has 1 fully saturated rings. The van der Waals surface area contributed by atoms with Crippen LogP contribution < -0.4 is 5.32 Å². The lowest BCUT2D eigenvalue weighted by atomic mass is 10.2. The lowest BCUT2D eigenvalue weighted by Gasteiger charge is -2.03. The van der Waals surface area contributed by atoms with Gasteiger partial charge in [0.15, 0.2) is 0 Å². The van der Waals surface area contributed by atoms with Crippen molar-refractivity contribution >= 4 is 34.6 Å². The normalized spacial score (nSPS) is 17.5. The van der Waals surface area contributed by atoms with Crippen molar-refractivity contribution in [2.24, 2.45) is 0 Å². The number of nitrogens with zero attached hydrogens (tertiary/aromatic N) is 1. The van der Waals surface area contributed by atoms with E-state index in [1.54, 1.807) is 12.3 Å². The first-order chi connectivity index (χ1) is 10.6. The van der Waals surface area contributed by atoms with Crippen LogP contribution in [0.25, 0.3) is 0 Å². The molecule has 1 amide bonds. The minimum Gasteiger partial charge on any atom is -0.477 e. The first kappa shape index (κ1) is 15.1. The standard InChI is InChI=1S/C14H14N2O4S2/c17-12(15-6-8-3-4-10(21-8)14(18)19)11-7-16-13(22-11)9-2-1-5-20-9/h3-4,7,9H,1-2,5-6H2,(H,15,17)(H,18,19). The molecule has 2 aromatic heterocycles. The molecule has 0 bridgehead atoms. The number of thiazole rings is 1. The monoisotopic (exact) mass is 338 g/mol. The topological polar surface area (TPSA) is 88.5 Å². The van der Waals surface area contributed by atoms with E-state index in [2.05, 4.69) is 10.3 Å². The highest BCUT2D eigenvalue weighted by Crippen LogP contribution is 2.31. The van der Waals surface area contributed by atoms with Crippen LogP contribution in [0.5, 0.6) is 0 Å². The van der Waals surface area contributed by atoms with Gasteiger partial charge in [-0.3, -0.25) is 4.79 Å². The molecule has 0 radical (unpaired) electrons. The van der Waals surface area contributed by atoms with Crippen molar-refractivity contribution < 1.29 is 19.4 Å². The van der Waals surface area contributed by atoms with Crippen LogP contribution in [0.2, 0.25) is 0 Å². The number of ether oxygens (including phenoxy) is 1. The molecule has 1 atom stereocenters. The summed E-state index contributed by atoms with van der Waals surface area (Å²) in [7, 11) is 0. The van der Waals surface area contributed by atoms with Crippen molar-refractivity contribution in [2.75, 3.05) is 6.61 Å². The predicted molar refractivity (Wildman–Crippen MR) is 82.5 cm³/mol. The second-order valence-electron chi connectivity index (χ2n) is 4.82. The first-order valence-corrected chi connectivity index (χ1v) is 8.44. The van der Waals surface area contributed by atoms with Crippen LogP contribution in [0.1, 0.15) is 48.2 Å². The quantitative estimate of drug-likeness (QED) is 0.875. The Bertz CT molecular complexity index is 689. The van der Waals surface area contributed by atoms with Crippen LogP contribution in [-0.2, 0) is 11.3 Å². The maximum Gasteiger partial charge on any atom is 0.345 e. The van der Waals surface area contributed by atoms with Gasteiger partial charge < -0.3 is 15.2 Å². The van der Waals surface area contributed by atoms with Gasteiger partial charge in [-0.1, -0.05) is 0 Å². The Morgan fingerprint density at radius 3 is 2.91 bits per heavy atom. The average Bonchev–Trinajstić information content (AvgIpc) is 3.23. The molecule has 116 valence electrons. The molecule has 1 aliphatic heterocycles. The maximum absolute atomic E-state index is 12.1. The number of nitrogens with one attached hydrogen (secondary N) is 1. The summed E-state index contributed by atoms with van der Waals surface area (Å²) >= 11 is 2.50. The third kappa shape index (κ3) is 3.34. The van der Waals surface area contributed by atoms with Gasteiger partial charge >= 0.3 is 5.97 Å². The fourth-order valence-corrected chi connectivity index (χ4v) is 3.86. The number of hydrogen-bond acceptors (Lipinski definition) is 6. The number of carbonyl (C=O) groups excluding carboxylic acids is 1. The maximum atomic E-state index is 12.1. The molecule has 1 aliphatic rings. The summed E-state index contributed by atoms with van der Waals surface area (Å²) in [6.07, 6.45) is 3.55. The van der Waals surface area contributed by atoms with E-state index in [9.17, 15) is 9.59 Å². The molecule has 1 unspecified atom stereocenters. The summed E-state index contributed by atoms with van der Waals surface area (Å²) in [5.74, 6) is -1.15. The summed E-state index contributed by atoms with van der Waals surface area (Å²) in [6.45, 7) is 1.06. The second kappa shape index (κ2) is 6.55. The summed E-state index contributed by atoms with van der Waals surface area (Å²) in [5.41, 5.74) is 0. The molecular formula is C14H14N2O4S2. The van der Waals surface area contributed by atoms with Crippen molar-refractivity contribution in [2.45, 2.75) is 25.5 Å². The Labute approximate surface area is 134 Å². The fraction of sp³-hybridized carbons (Fsp3) is 0.357. The Morgan fingerprint density at radius 1 is 1.36 bits per heavy atom. The van der Waals surface area contributed by atoms with E-state index in [-0.39, 0.29) is 16.9 Å². The van der Waals surface area contributed by atoms with Crippen molar-refractivity contribution in [3.05, 3.63) is 38.0 Å². The van der Waals surface area contributed by atoms with Gasteiger partial charge in [-0.25, -0.2) is 9.78 Å². The second-order valence-corrected chi connectivity index (χ2v) is 7.05. The van der Waals surface area contributed by atoms with Gasteiger partial charge in [0.1, 0.15) is 20.9 Å². The zero-order valence-corrected chi connectivity index (χ0v) is 13.2. The van der Waals surface area contributed by atoms with E-state index in [4.69, 9.17) is 9.84 Å². The molecule has 0 aromatic carbocycles. The number of hydrogen-bond donors (Lipinski definition) is 2. The Kier molecular flexibility index (Phi) is 4.51. The number of rotatable bonds is 5. The number of aromatic nitrogens is 1. The Balaban J connectivity index is 1.58. The molecule has 0 aliphatic carbocycles. The molecule has 6 nitrogen and oxygen atoms in total. The molecule has 2 N–H and O–H groups in total. The van der Waals surface area contributed by atoms with Crippen molar-refractivity contribution in [1.82, 2.24) is 10.3 Å². The number of carboxylic acid groups (broad SMARTS) is 1. The van der Waals surface area contributed by atoms with Crippen LogP contribution in [0.3, 0.4) is 0 Å². The molecule has 1 saturated heterocycles. The third-order valence-electron chi connectivity index (χ3n) is 3.25. The van der Waals surface area contributed by atoms with E-state index in [1.165, 1.54) is 17.4 Å². The van der Waals surface area contributed by atoms with E-state index in [0.29, 0.717) is 11.4 Å². The third-order valence-corrected chi connectivity index (χ3v) is 5.41. The van der Waals surface area contributed by atoms with Gasteiger partial charge in [0, 0.05) is 11.5 Å². The molecule has 22 heavy (non-hydrogen) atoms. The van der Waals surface area contributed by atoms with Gasteiger partial charge in [0.25, 0.3) is 5.91 Å². The Hall–Kier alpha value is -1.77. The minimum atomic E-state index is -0.953. The fourth-order valence-electron chi connectivity index (χ4n) is 2.16. The van der Waals surface area contributed by atoms with E-state index >= 15 is 0 Å². The largest absolute Gasteiger partial charge is 0.477 e. The van der Waals surface area contributed by atoms with Gasteiger partial charge in [0.2, 0.25) is 0 Å². The lowest BCUT2D eigenvalue weighted by Crippen LogP contribution is -2.21. The summed E-state index contributed by atoms with van der Waals surface area (Å²) in [5, 5.41) is 12.5. The van der Waals surface area contributed by atoms with Gasteiger partial charge in [-0.05, 0) is 25.0 Å². The highest BCUT2D eigenvalue weighted by Gasteiger charge is 2.22. The van der Waals surface area contributed by atoms with E-state index in [1.807, 2.05) is 0 Å². The predicted octanol–water partition coefficient (Wildman–Crippen LogP) is 2.68. The first-order valence-electron chi connectivity index (χ1n) is 6.81. The highest BCUT2D eigenvalue weighted by atomic mass is 32.1. The van der Waals surface area contributed by atoms with Crippen LogP contribution in [-0.4, -0.2) is 28.6 Å². The number of carbonyl (C=O) groups is 2. The van der Waals surface area contributed by atoms with Crippen LogP contribution in [0, 0.1) is 0 Å². The van der Waals surface area contributed by atoms with Crippen molar-refractivity contribution in [3.8, 4) is 0 Å². The Morgan fingerprint density at radius 2 is 2.23 bits per heavy atom. The van der Waals surface area contributed by atoms with Crippen LogP contribution >= 0.6 is 22.7 Å². The molecule has 0 spiro atoms. The van der Waals surface area contributed by atoms with Crippen LogP contribution in [0.4, 0.5) is 0 Å². The summed E-state index contributed by atoms with van der Waals surface area (Å²) in [6, 6.07) is 3.25. The molecular weight excluding hydrogens is 324 g/mol. The van der Waals surface area contributed by atoms with Crippen molar-refractivity contribution in [1.29, 1.82) is 0 Å². The SMILES string of the molecule is O=C(O)c1ccc(CNC(=O)c2cnc(C3CCCO3)s2)s1. The summed E-state index contributed by atoms with van der Waals surface area (Å²) in [4.78, 5) is 28.8. The van der Waals surface area contributed by atoms with E-state index in [0.717, 1.165) is 40.7 Å². The van der Waals surface area contributed by atoms with Gasteiger partial charge in [-0.2, -0.15) is 0 Å². The molecule has 3 heterocycles. The number of aromatic carboxylic acids is 1. The zero-order valence-electron chi connectivity index (χ0n) is 11.6. The van der Waals surface area contributed by atoms with E-state index < -0.39 is 5.97 Å². The van der Waals surface area contributed by atoms with Gasteiger partial charge in [0.05, 0.1) is 12.7 Å². The number of thiophene rings is 1.